The maximum absolute atomic E-state index is 5.84. The smallest absolute Gasteiger partial charge is 0.135 e. The van der Waals surface area contributed by atoms with Gasteiger partial charge in [0.1, 0.15) is 11.2 Å². The van der Waals surface area contributed by atoms with Gasteiger partial charge in [-0.1, -0.05) is 18.2 Å². The molecule has 3 heteroatoms. The Labute approximate surface area is 122 Å². The van der Waals surface area contributed by atoms with Crippen molar-refractivity contribution < 1.29 is 4.42 Å². The van der Waals surface area contributed by atoms with Gasteiger partial charge in [-0.25, -0.2) is 0 Å². The molecule has 0 N–H and O–H groups in total. The van der Waals surface area contributed by atoms with E-state index in [-0.39, 0.29) is 0 Å². The van der Waals surface area contributed by atoms with Crippen molar-refractivity contribution in [3.8, 4) is 10.4 Å². The van der Waals surface area contributed by atoms with Crippen LogP contribution < -0.4 is 0 Å². The highest BCUT2D eigenvalue weighted by molar-refractivity contribution is 9.11. The molecule has 19 heavy (non-hydrogen) atoms. The van der Waals surface area contributed by atoms with Crippen molar-refractivity contribution in [1.29, 1.82) is 0 Å². The summed E-state index contributed by atoms with van der Waals surface area (Å²) in [6, 6.07) is 18.8. The first kappa shape index (κ1) is 11.3. The lowest BCUT2D eigenvalue weighted by Gasteiger charge is -1.97. The van der Waals surface area contributed by atoms with Gasteiger partial charge in [-0.2, -0.15) is 0 Å². The number of benzene rings is 2. The van der Waals surface area contributed by atoms with Crippen LogP contribution in [0.4, 0.5) is 0 Å². The topological polar surface area (TPSA) is 13.1 Å². The lowest BCUT2D eigenvalue weighted by molar-refractivity contribution is 0.669. The van der Waals surface area contributed by atoms with Crippen LogP contribution in [-0.4, -0.2) is 0 Å². The standard InChI is InChI=1S/C16H9BrOS/c17-16-8-7-15(19-16)10-5-6-14-12(9-10)11-3-1-2-4-13(11)18-14/h1-9H. The van der Waals surface area contributed by atoms with Crippen LogP contribution >= 0.6 is 27.3 Å². The fourth-order valence-corrected chi connectivity index (χ4v) is 3.73. The minimum atomic E-state index is 0.945. The van der Waals surface area contributed by atoms with Crippen molar-refractivity contribution in [2.45, 2.75) is 0 Å². The average Bonchev–Trinajstić information content (AvgIpc) is 3.01. The lowest BCUT2D eigenvalue weighted by Crippen LogP contribution is -1.72. The fourth-order valence-electron chi connectivity index (χ4n) is 2.35. The Morgan fingerprint density at radius 1 is 0.842 bits per heavy atom. The maximum atomic E-state index is 5.84. The van der Waals surface area contributed by atoms with E-state index in [0.29, 0.717) is 0 Å². The van der Waals surface area contributed by atoms with Gasteiger partial charge in [0.15, 0.2) is 0 Å². The molecule has 92 valence electrons. The Morgan fingerprint density at radius 2 is 1.68 bits per heavy atom. The van der Waals surface area contributed by atoms with Crippen LogP contribution in [0.2, 0.25) is 0 Å². The zero-order chi connectivity index (χ0) is 12.8. The molecule has 1 nitrogen and oxygen atoms in total. The van der Waals surface area contributed by atoms with Crippen molar-refractivity contribution in [3.63, 3.8) is 0 Å². The van der Waals surface area contributed by atoms with Gasteiger partial charge in [0.25, 0.3) is 0 Å². The van der Waals surface area contributed by atoms with Crippen molar-refractivity contribution in [3.05, 3.63) is 58.4 Å². The molecular formula is C16H9BrOS. The molecule has 0 bridgehead atoms. The highest BCUT2D eigenvalue weighted by atomic mass is 79.9. The fraction of sp³-hybridized carbons (Fsp3) is 0. The van der Waals surface area contributed by atoms with Gasteiger partial charge in [0.2, 0.25) is 0 Å². The maximum Gasteiger partial charge on any atom is 0.135 e. The third-order valence-electron chi connectivity index (χ3n) is 3.23. The third kappa shape index (κ3) is 1.81. The second kappa shape index (κ2) is 4.22. The van der Waals surface area contributed by atoms with E-state index < -0.39 is 0 Å². The first-order chi connectivity index (χ1) is 9.31. The van der Waals surface area contributed by atoms with Crippen LogP contribution in [-0.2, 0) is 0 Å². The Balaban J connectivity index is 2.02. The molecule has 2 aromatic carbocycles. The molecule has 0 aliphatic carbocycles. The zero-order valence-corrected chi connectivity index (χ0v) is 12.3. The predicted octanol–water partition coefficient (Wildman–Crippen LogP) is 6.08. The van der Waals surface area contributed by atoms with Gasteiger partial charge in [0.05, 0.1) is 3.79 Å². The van der Waals surface area contributed by atoms with Gasteiger partial charge in [-0.3, -0.25) is 0 Å². The Morgan fingerprint density at radius 3 is 2.53 bits per heavy atom. The predicted molar refractivity (Wildman–Crippen MR) is 84.7 cm³/mol. The summed E-state index contributed by atoms with van der Waals surface area (Å²) in [6.07, 6.45) is 0. The van der Waals surface area contributed by atoms with Crippen LogP contribution in [0.15, 0.2) is 62.8 Å². The quantitative estimate of drug-likeness (QED) is 0.413. The van der Waals surface area contributed by atoms with Crippen molar-refractivity contribution >= 4 is 49.2 Å². The number of fused-ring (bicyclic) bond motifs is 3. The highest BCUT2D eigenvalue weighted by Gasteiger charge is 2.08. The molecule has 0 saturated carbocycles. The molecule has 0 saturated heterocycles. The summed E-state index contributed by atoms with van der Waals surface area (Å²) in [5.74, 6) is 0. The van der Waals surface area contributed by atoms with E-state index in [2.05, 4.69) is 52.3 Å². The first-order valence-electron chi connectivity index (χ1n) is 5.98. The Bertz CT molecular complexity index is 888. The zero-order valence-electron chi connectivity index (χ0n) is 9.89. The van der Waals surface area contributed by atoms with Crippen molar-refractivity contribution in [2.24, 2.45) is 0 Å². The van der Waals surface area contributed by atoms with Crippen LogP contribution in [0, 0.1) is 0 Å². The van der Waals surface area contributed by atoms with Gasteiger partial charge < -0.3 is 4.42 Å². The summed E-state index contributed by atoms with van der Waals surface area (Å²) in [5.41, 5.74) is 3.12. The normalized spacial score (nSPS) is 11.4. The Kier molecular flexibility index (Phi) is 2.50. The van der Waals surface area contributed by atoms with E-state index in [0.717, 1.165) is 15.0 Å². The number of hydrogen-bond donors (Lipinski definition) is 0. The molecule has 4 rings (SSSR count). The monoisotopic (exact) mass is 328 g/mol. The number of furan rings is 1. The second-order valence-corrected chi connectivity index (χ2v) is 6.88. The van der Waals surface area contributed by atoms with Gasteiger partial charge in [-0.05, 0) is 57.9 Å². The molecule has 0 unspecified atom stereocenters. The van der Waals surface area contributed by atoms with E-state index in [1.54, 1.807) is 11.3 Å². The number of para-hydroxylation sites is 1. The van der Waals surface area contributed by atoms with Crippen LogP contribution in [0.3, 0.4) is 0 Å². The summed E-state index contributed by atoms with van der Waals surface area (Å²) < 4.78 is 7.00. The summed E-state index contributed by atoms with van der Waals surface area (Å²) >= 11 is 5.25. The minimum absolute atomic E-state index is 0.945. The van der Waals surface area contributed by atoms with Crippen molar-refractivity contribution in [2.75, 3.05) is 0 Å². The minimum Gasteiger partial charge on any atom is -0.456 e. The summed E-state index contributed by atoms with van der Waals surface area (Å²) in [5, 5.41) is 2.35. The van der Waals surface area contributed by atoms with Crippen molar-refractivity contribution in [1.82, 2.24) is 0 Å². The number of hydrogen-bond acceptors (Lipinski definition) is 2. The van der Waals surface area contributed by atoms with Gasteiger partial charge >= 0.3 is 0 Å². The van der Waals surface area contributed by atoms with E-state index in [1.165, 1.54) is 21.2 Å². The molecule has 0 radical (unpaired) electrons. The summed E-state index contributed by atoms with van der Waals surface area (Å²) in [6.45, 7) is 0. The SMILES string of the molecule is Brc1ccc(-c2ccc3oc4ccccc4c3c2)s1. The van der Waals surface area contributed by atoms with E-state index in [1.807, 2.05) is 18.2 Å². The average molecular weight is 329 g/mol. The largest absolute Gasteiger partial charge is 0.456 e. The van der Waals surface area contributed by atoms with Gasteiger partial charge in [0, 0.05) is 15.6 Å². The lowest BCUT2D eigenvalue weighted by atomic mass is 10.1. The van der Waals surface area contributed by atoms with E-state index in [4.69, 9.17) is 4.42 Å². The second-order valence-electron chi connectivity index (χ2n) is 4.41. The third-order valence-corrected chi connectivity index (χ3v) is 4.91. The molecule has 0 aliphatic rings. The molecule has 4 aromatic rings. The van der Waals surface area contributed by atoms with E-state index in [9.17, 15) is 0 Å². The van der Waals surface area contributed by atoms with Gasteiger partial charge in [-0.15, -0.1) is 11.3 Å². The van der Waals surface area contributed by atoms with Crippen LogP contribution in [0.25, 0.3) is 32.4 Å². The molecule has 0 fully saturated rings. The number of thiophene rings is 1. The molecule has 2 heterocycles. The highest BCUT2D eigenvalue weighted by Crippen LogP contribution is 2.35. The first-order valence-corrected chi connectivity index (χ1v) is 7.59. The molecule has 0 atom stereocenters. The number of rotatable bonds is 1. The molecular weight excluding hydrogens is 320 g/mol. The summed E-state index contributed by atoms with van der Waals surface area (Å²) in [7, 11) is 0. The van der Waals surface area contributed by atoms with Crippen LogP contribution in [0.1, 0.15) is 0 Å². The summed E-state index contributed by atoms with van der Waals surface area (Å²) in [4.78, 5) is 1.26. The van der Waals surface area contributed by atoms with Crippen LogP contribution in [0.5, 0.6) is 0 Å². The molecule has 0 amide bonds. The molecule has 0 spiro atoms. The molecule has 0 aliphatic heterocycles. The van der Waals surface area contributed by atoms with E-state index >= 15 is 0 Å². The Hall–Kier alpha value is -1.58. The number of halogens is 1. The molecule has 2 aromatic heterocycles.